The zero-order chi connectivity index (χ0) is 17.8. The van der Waals surface area contributed by atoms with Crippen molar-refractivity contribution in [1.82, 2.24) is 10.6 Å². The number of fused-ring (bicyclic) bond motifs is 1. The van der Waals surface area contributed by atoms with Gasteiger partial charge in [-0.3, -0.25) is 4.79 Å². The average Bonchev–Trinajstić information content (AvgIpc) is 2.69. The Morgan fingerprint density at radius 3 is 2.42 bits per heavy atom. The van der Waals surface area contributed by atoms with Crippen molar-refractivity contribution in [2.45, 2.75) is 18.9 Å². The highest BCUT2D eigenvalue weighted by molar-refractivity contribution is 6.02. The molecule has 26 heavy (non-hydrogen) atoms. The van der Waals surface area contributed by atoms with Gasteiger partial charge in [-0.05, 0) is 49.5 Å². The molecule has 1 aliphatic rings. The number of hydrogen-bond acceptors (Lipinski definition) is 3. The van der Waals surface area contributed by atoms with Crippen molar-refractivity contribution in [3.05, 3.63) is 72.3 Å². The summed E-state index contributed by atoms with van der Waals surface area (Å²) in [6.07, 6.45) is 1.95. The summed E-state index contributed by atoms with van der Waals surface area (Å²) in [5.41, 5.74) is 2.51. The summed E-state index contributed by atoms with van der Waals surface area (Å²) in [7, 11) is 0. The van der Waals surface area contributed by atoms with E-state index in [1.165, 1.54) is 5.39 Å². The summed E-state index contributed by atoms with van der Waals surface area (Å²) in [5.74, 6) is -0.0137. The van der Waals surface area contributed by atoms with Crippen molar-refractivity contribution in [2.24, 2.45) is 0 Å². The van der Waals surface area contributed by atoms with Crippen LogP contribution in [0.4, 0.5) is 11.4 Å². The van der Waals surface area contributed by atoms with Crippen LogP contribution in [0.5, 0.6) is 0 Å². The van der Waals surface area contributed by atoms with Gasteiger partial charge >= 0.3 is 0 Å². The molecule has 1 amide bonds. The summed E-state index contributed by atoms with van der Waals surface area (Å²) in [5, 5.41) is 12.3. The molecule has 0 saturated carbocycles. The van der Waals surface area contributed by atoms with Crippen LogP contribution in [0, 0.1) is 0 Å². The van der Waals surface area contributed by atoms with Gasteiger partial charge in [0.1, 0.15) is 0 Å². The zero-order valence-electron chi connectivity index (χ0n) is 14.7. The van der Waals surface area contributed by atoms with E-state index < -0.39 is 0 Å². The first-order valence-corrected chi connectivity index (χ1v) is 9.17. The quantitative estimate of drug-likeness (QED) is 0.668. The van der Waals surface area contributed by atoms with Crippen molar-refractivity contribution in [1.29, 1.82) is 0 Å². The van der Waals surface area contributed by atoms with Gasteiger partial charge in [0.05, 0.1) is 11.3 Å². The van der Waals surface area contributed by atoms with E-state index in [-0.39, 0.29) is 11.9 Å². The van der Waals surface area contributed by atoms with Crippen LogP contribution in [0.25, 0.3) is 10.8 Å². The third-order valence-electron chi connectivity index (χ3n) is 4.91. The lowest BCUT2D eigenvalue weighted by Gasteiger charge is -2.24. The molecule has 0 spiro atoms. The molecule has 3 N–H and O–H groups in total. The minimum atomic E-state index is -0.0137. The number of rotatable bonds is 4. The SMILES string of the molecule is O=C(NC1CCNCC1)c1ccccc1Nc1cccc2ccccc12. The lowest BCUT2D eigenvalue weighted by atomic mass is 10.0. The van der Waals surface area contributed by atoms with Crippen molar-refractivity contribution in [3.63, 3.8) is 0 Å². The molecule has 132 valence electrons. The van der Waals surface area contributed by atoms with Crippen LogP contribution in [0.15, 0.2) is 66.7 Å². The topological polar surface area (TPSA) is 53.2 Å². The molecular formula is C22H23N3O. The molecule has 3 aromatic rings. The molecule has 4 rings (SSSR count). The third-order valence-corrected chi connectivity index (χ3v) is 4.91. The van der Waals surface area contributed by atoms with Crippen LogP contribution in [-0.2, 0) is 0 Å². The number of anilines is 2. The fourth-order valence-corrected chi connectivity index (χ4v) is 3.50. The molecule has 0 bridgehead atoms. The maximum Gasteiger partial charge on any atom is 0.253 e. The molecule has 4 heteroatoms. The first-order chi connectivity index (χ1) is 12.8. The first kappa shape index (κ1) is 16.6. The van der Waals surface area contributed by atoms with Gasteiger partial charge in [0.2, 0.25) is 0 Å². The van der Waals surface area contributed by atoms with Gasteiger partial charge in [-0.25, -0.2) is 0 Å². The molecule has 1 aliphatic heterocycles. The van der Waals surface area contributed by atoms with Crippen LogP contribution in [0.1, 0.15) is 23.2 Å². The third kappa shape index (κ3) is 3.55. The monoisotopic (exact) mass is 345 g/mol. The first-order valence-electron chi connectivity index (χ1n) is 9.17. The summed E-state index contributed by atoms with van der Waals surface area (Å²) in [6.45, 7) is 1.92. The van der Waals surface area contributed by atoms with Gasteiger partial charge < -0.3 is 16.0 Å². The molecule has 1 fully saturated rings. The van der Waals surface area contributed by atoms with E-state index in [0.29, 0.717) is 5.56 Å². The lowest BCUT2D eigenvalue weighted by molar-refractivity contribution is 0.0930. The number of carbonyl (C=O) groups excluding carboxylic acids is 1. The number of para-hydroxylation sites is 1. The Kier molecular flexibility index (Phi) is 4.84. The summed E-state index contributed by atoms with van der Waals surface area (Å²) in [6, 6.07) is 22.4. The highest BCUT2D eigenvalue weighted by Gasteiger charge is 2.18. The maximum absolute atomic E-state index is 12.8. The molecule has 0 aromatic heterocycles. The Morgan fingerprint density at radius 2 is 1.54 bits per heavy atom. The maximum atomic E-state index is 12.8. The minimum Gasteiger partial charge on any atom is -0.354 e. The summed E-state index contributed by atoms with van der Waals surface area (Å²) in [4.78, 5) is 12.8. The Balaban J connectivity index is 1.60. The van der Waals surface area contributed by atoms with E-state index in [9.17, 15) is 4.79 Å². The second kappa shape index (κ2) is 7.58. The predicted molar refractivity (Wildman–Crippen MR) is 107 cm³/mol. The van der Waals surface area contributed by atoms with Crippen LogP contribution in [0.2, 0.25) is 0 Å². The van der Waals surface area contributed by atoms with Gasteiger partial charge in [0.25, 0.3) is 5.91 Å². The lowest BCUT2D eigenvalue weighted by Crippen LogP contribution is -2.42. The Labute approximate surface area is 153 Å². The molecule has 1 saturated heterocycles. The Morgan fingerprint density at radius 1 is 0.846 bits per heavy atom. The van der Waals surface area contributed by atoms with E-state index in [1.54, 1.807) is 0 Å². The van der Waals surface area contributed by atoms with Crippen molar-refractivity contribution in [2.75, 3.05) is 18.4 Å². The molecule has 0 radical (unpaired) electrons. The molecule has 0 aliphatic carbocycles. The molecule has 0 unspecified atom stereocenters. The molecule has 4 nitrogen and oxygen atoms in total. The number of carbonyl (C=O) groups is 1. The van der Waals surface area contributed by atoms with Gasteiger partial charge in [-0.1, -0.05) is 48.5 Å². The van der Waals surface area contributed by atoms with E-state index in [4.69, 9.17) is 0 Å². The second-order valence-electron chi connectivity index (χ2n) is 6.70. The van der Waals surface area contributed by atoms with Crippen LogP contribution in [-0.4, -0.2) is 25.0 Å². The molecule has 3 aromatic carbocycles. The largest absolute Gasteiger partial charge is 0.354 e. The number of amides is 1. The molecule has 1 heterocycles. The number of piperidine rings is 1. The highest BCUT2D eigenvalue weighted by Crippen LogP contribution is 2.28. The highest BCUT2D eigenvalue weighted by atomic mass is 16.1. The fourth-order valence-electron chi connectivity index (χ4n) is 3.50. The van der Waals surface area contributed by atoms with Crippen LogP contribution < -0.4 is 16.0 Å². The van der Waals surface area contributed by atoms with E-state index in [2.05, 4.69) is 34.1 Å². The fraction of sp³-hybridized carbons (Fsp3) is 0.227. The van der Waals surface area contributed by atoms with Gasteiger partial charge in [0.15, 0.2) is 0 Å². The smallest absolute Gasteiger partial charge is 0.253 e. The van der Waals surface area contributed by atoms with E-state index >= 15 is 0 Å². The van der Waals surface area contributed by atoms with Crippen LogP contribution >= 0.6 is 0 Å². The molecular weight excluding hydrogens is 322 g/mol. The van der Waals surface area contributed by atoms with Gasteiger partial charge in [0, 0.05) is 17.1 Å². The second-order valence-corrected chi connectivity index (χ2v) is 6.70. The standard InChI is InChI=1S/C22H23N3O/c26-22(24-17-12-14-23-15-13-17)19-9-3-4-10-21(19)25-20-11-5-7-16-6-1-2-8-18(16)20/h1-11,17,23,25H,12-15H2,(H,24,26). The normalized spacial score (nSPS) is 14.9. The van der Waals surface area contributed by atoms with E-state index in [0.717, 1.165) is 42.7 Å². The van der Waals surface area contributed by atoms with Crippen molar-refractivity contribution in [3.8, 4) is 0 Å². The Bertz CT molecular complexity index is 911. The van der Waals surface area contributed by atoms with Crippen molar-refractivity contribution >= 4 is 28.1 Å². The van der Waals surface area contributed by atoms with Gasteiger partial charge in [-0.15, -0.1) is 0 Å². The van der Waals surface area contributed by atoms with E-state index in [1.807, 2.05) is 48.5 Å². The van der Waals surface area contributed by atoms with Crippen molar-refractivity contribution < 1.29 is 4.79 Å². The summed E-state index contributed by atoms with van der Waals surface area (Å²) >= 11 is 0. The average molecular weight is 345 g/mol. The molecule has 0 atom stereocenters. The zero-order valence-corrected chi connectivity index (χ0v) is 14.7. The Hall–Kier alpha value is -2.85. The predicted octanol–water partition coefficient (Wildman–Crippen LogP) is 4.07. The van der Waals surface area contributed by atoms with Gasteiger partial charge in [-0.2, -0.15) is 0 Å². The number of hydrogen-bond donors (Lipinski definition) is 3. The van der Waals surface area contributed by atoms with Crippen LogP contribution in [0.3, 0.4) is 0 Å². The number of nitrogens with one attached hydrogen (secondary N) is 3. The minimum absolute atomic E-state index is 0.0137. The number of benzene rings is 3. The summed E-state index contributed by atoms with van der Waals surface area (Å²) < 4.78 is 0.